The minimum Gasteiger partial charge on any atom is -0.241 e. The van der Waals surface area contributed by atoms with E-state index in [1.807, 2.05) is 19.3 Å². The van der Waals surface area contributed by atoms with Crippen molar-refractivity contribution in [3.8, 4) is 22.3 Å². The molecule has 0 fully saturated rings. The SMILES string of the molecule is Cc1ncc(-c2ccc3c(c2)C(C)(C)c2ccccc2-3)cn1. The number of hydrogen-bond acceptors (Lipinski definition) is 2. The van der Waals surface area contributed by atoms with E-state index in [0.717, 1.165) is 11.4 Å². The van der Waals surface area contributed by atoms with Crippen molar-refractivity contribution in [2.45, 2.75) is 26.2 Å². The molecular formula is C20H18N2. The van der Waals surface area contributed by atoms with Crippen LogP contribution >= 0.6 is 0 Å². The fraction of sp³-hybridized carbons (Fsp3) is 0.200. The zero-order valence-corrected chi connectivity index (χ0v) is 13.1. The van der Waals surface area contributed by atoms with Gasteiger partial charge in [-0.3, -0.25) is 0 Å². The molecule has 0 saturated carbocycles. The van der Waals surface area contributed by atoms with Gasteiger partial charge >= 0.3 is 0 Å². The monoisotopic (exact) mass is 286 g/mol. The summed E-state index contributed by atoms with van der Waals surface area (Å²) in [5.41, 5.74) is 7.77. The Labute approximate surface area is 130 Å². The summed E-state index contributed by atoms with van der Waals surface area (Å²) >= 11 is 0. The number of benzene rings is 2. The molecule has 3 aromatic rings. The summed E-state index contributed by atoms with van der Waals surface area (Å²) in [4.78, 5) is 8.63. The van der Waals surface area contributed by atoms with Crippen LogP contribution in [0.15, 0.2) is 54.9 Å². The average molecular weight is 286 g/mol. The molecule has 0 N–H and O–H groups in total. The van der Waals surface area contributed by atoms with Crippen molar-refractivity contribution < 1.29 is 0 Å². The Bertz CT molecular complexity index is 861. The van der Waals surface area contributed by atoms with Gasteiger partial charge in [-0.15, -0.1) is 0 Å². The van der Waals surface area contributed by atoms with Gasteiger partial charge in [0.15, 0.2) is 0 Å². The Morgan fingerprint density at radius 2 is 1.45 bits per heavy atom. The number of hydrogen-bond donors (Lipinski definition) is 0. The van der Waals surface area contributed by atoms with Crippen LogP contribution in [0.1, 0.15) is 30.8 Å². The molecule has 1 heterocycles. The molecule has 2 nitrogen and oxygen atoms in total. The molecule has 2 heteroatoms. The van der Waals surface area contributed by atoms with Gasteiger partial charge in [0.1, 0.15) is 5.82 Å². The van der Waals surface area contributed by atoms with Gasteiger partial charge in [-0.2, -0.15) is 0 Å². The van der Waals surface area contributed by atoms with Gasteiger partial charge in [-0.1, -0.05) is 50.2 Å². The highest BCUT2D eigenvalue weighted by Crippen LogP contribution is 2.49. The second kappa shape index (κ2) is 4.51. The van der Waals surface area contributed by atoms with Gasteiger partial charge in [-0.25, -0.2) is 9.97 Å². The molecule has 0 unspecified atom stereocenters. The number of fused-ring (bicyclic) bond motifs is 3. The number of aromatic nitrogens is 2. The minimum atomic E-state index is 0.0352. The van der Waals surface area contributed by atoms with Crippen LogP contribution in [-0.4, -0.2) is 9.97 Å². The van der Waals surface area contributed by atoms with E-state index in [1.54, 1.807) is 0 Å². The predicted octanol–water partition coefficient (Wildman–Crippen LogP) is 4.76. The third kappa shape index (κ3) is 1.80. The van der Waals surface area contributed by atoms with Gasteiger partial charge < -0.3 is 0 Å². The summed E-state index contributed by atoms with van der Waals surface area (Å²) in [6, 6.07) is 15.4. The number of nitrogens with zero attached hydrogens (tertiary/aromatic N) is 2. The first-order valence-electron chi connectivity index (χ1n) is 7.61. The van der Waals surface area contributed by atoms with Gasteiger partial charge in [0.05, 0.1) is 0 Å². The van der Waals surface area contributed by atoms with Crippen LogP contribution in [0.4, 0.5) is 0 Å². The first kappa shape index (κ1) is 13.2. The second-order valence-electron chi connectivity index (χ2n) is 6.45. The molecule has 108 valence electrons. The van der Waals surface area contributed by atoms with Crippen molar-refractivity contribution in [3.63, 3.8) is 0 Å². The zero-order valence-electron chi connectivity index (χ0n) is 13.1. The maximum Gasteiger partial charge on any atom is 0.125 e. The van der Waals surface area contributed by atoms with Gasteiger partial charge in [0, 0.05) is 23.4 Å². The van der Waals surface area contributed by atoms with Crippen molar-refractivity contribution in [2.24, 2.45) is 0 Å². The topological polar surface area (TPSA) is 25.8 Å². The van der Waals surface area contributed by atoms with E-state index in [4.69, 9.17) is 0 Å². The Kier molecular flexibility index (Phi) is 2.70. The van der Waals surface area contributed by atoms with E-state index in [-0.39, 0.29) is 5.41 Å². The van der Waals surface area contributed by atoms with E-state index < -0.39 is 0 Å². The third-order valence-electron chi connectivity index (χ3n) is 4.70. The predicted molar refractivity (Wildman–Crippen MR) is 89.8 cm³/mol. The highest BCUT2D eigenvalue weighted by molar-refractivity contribution is 5.83. The van der Waals surface area contributed by atoms with Crippen LogP contribution in [0.5, 0.6) is 0 Å². The van der Waals surface area contributed by atoms with E-state index >= 15 is 0 Å². The lowest BCUT2D eigenvalue weighted by Crippen LogP contribution is -2.14. The summed E-state index contributed by atoms with van der Waals surface area (Å²) in [7, 11) is 0. The molecule has 4 rings (SSSR count). The molecule has 0 amide bonds. The summed E-state index contributed by atoms with van der Waals surface area (Å²) < 4.78 is 0. The first-order chi connectivity index (χ1) is 10.6. The fourth-order valence-electron chi connectivity index (χ4n) is 3.43. The molecule has 0 saturated heterocycles. The van der Waals surface area contributed by atoms with Gasteiger partial charge in [-0.05, 0) is 40.8 Å². The Balaban J connectivity index is 1.90. The lowest BCUT2D eigenvalue weighted by atomic mass is 9.82. The summed E-state index contributed by atoms with van der Waals surface area (Å²) in [6.45, 7) is 6.51. The summed E-state index contributed by atoms with van der Waals surface area (Å²) in [5.74, 6) is 0.803. The molecule has 0 spiro atoms. The van der Waals surface area contributed by atoms with Crippen molar-refractivity contribution in [3.05, 3.63) is 71.8 Å². The minimum absolute atomic E-state index is 0.0352. The molecule has 0 aliphatic heterocycles. The van der Waals surface area contributed by atoms with Crippen molar-refractivity contribution in [1.29, 1.82) is 0 Å². The van der Waals surface area contributed by atoms with E-state index in [1.165, 1.54) is 27.8 Å². The normalized spacial score (nSPS) is 14.5. The van der Waals surface area contributed by atoms with E-state index in [9.17, 15) is 0 Å². The van der Waals surface area contributed by atoms with Crippen LogP contribution in [-0.2, 0) is 5.41 Å². The second-order valence-corrected chi connectivity index (χ2v) is 6.45. The lowest BCUT2D eigenvalue weighted by molar-refractivity contribution is 0.660. The van der Waals surface area contributed by atoms with E-state index in [0.29, 0.717) is 0 Å². The van der Waals surface area contributed by atoms with Crippen LogP contribution in [0.3, 0.4) is 0 Å². The van der Waals surface area contributed by atoms with Crippen molar-refractivity contribution >= 4 is 0 Å². The molecule has 0 atom stereocenters. The molecule has 0 radical (unpaired) electrons. The van der Waals surface area contributed by atoms with Gasteiger partial charge in [0.2, 0.25) is 0 Å². The number of aryl methyl sites for hydroxylation is 1. The van der Waals surface area contributed by atoms with E-state index in [2.05, 4.69) is 66.3 Å². The molecule has 2 aromatic carbocycles. The summed E-state index contributed by atoms with van der Waals surface area (Å²) in [6.07, 6.45) is 3.80. The molecule has 1 aliphatic rings. The largest absolute Gasteiger partial charge is 0.241 e. The van der Waals surface area contributed by atoms with Crippen molar-refractivity contribution in [2.75, 3.05) is 0 Å². The van der Waals surface area contributed by atoms with Gasteiger partial charge in [0.25, 0.3) is 0 Å². The van der Waals surface area contributed by atoms with Crippen LogP contribution in [0.2, 0.25) is 0 Å². The molecule has 0 bridgehead atoms. The highest BCUT2D eigenvalue weighted by Gasteiger charge is 2.35. The lowest BCUT2D eigenvalue weighted by Gasteiger charge is -2.21. The molecule has 22 heavy (non-hydrogen) atoms. The fourth-order valence-corrected chi connectivity index (χ4v) is 3.43. The molecule has 1 aromatic heterocycles. The van der Waals surface area contributed by atoms with Crippen molar-refractivity contribution in [1.82, 2.24) is 9.97 Å². The molecular weight excluding hydrogens is 268 g/mol. The van der Waals surface area contributed by atoms with Crippen LogP contribution in [0, 0.1) is 6.92 Å². The summed E-state index contributed by atoms with van der Waals surface area (Å²) in [5, 5.41) is 0. The highest BCUT2D eigenvalue weighted by atomic mass is 14.8. The Morgan fingerprint density at radius 3 is 2.23 bits per heavy atom. The Hall–Kier alpha value is -2.48. The smallest absolute Gasteiger partial charge is 0.125 e. The standard InChI is InChI=1S/C20H18N2/c1-13-21-11-15(12-22-13)14-8-9-17-16-6-4-5-7-18(16)20(2,3)19(17)10-14/h4-12H,1-3H3. The first-order valence-corrected chi connectivity index (χ1v) is 7.61. The van der Waals surface area contributed by atoms with Crippen LogP contribution in [0.25, 0.3) is 22.3 Å². The maximum atomic E-state index is 4.31. The zero-order chi connectivity index (χ0) is 15.3. The Morgan fingerprint density at radius 1 is 0.773 bits per heavy atom. The quantitative estimate of drug-likeness (QED) is 0.644. The molecule has 1 aliphatic carbocycles. The maximum absolute atomic E-state index is 4.31. The number of rotatable bonds is 1. The van der Waals surface area contributed by atoms with Crippen LogP contribution < -0.4 is 0 Å². The third-order valence-corrected chi connectivity index (χ3v) is 4.70. The average Bonchev–Trinajstić information content (AvgIpc) is 2.77.